The van der Waals surface area contributed by atoms with Crippen molar-refractivity contribution in [1.82, 2.24) is 0 Å². The van der Waals surface area contributed by atoms with Crippen molar-refractivity contribution in [2.45, 2.75) is 5.92 Å². The molecule has 1 aliphatic heterocycles. The zero-order valence-electron chi connectivity index (χ0n) is 10.3. The van der Waals surface area contributed by atoms with E-state index in [1.54, 1.807) is 0 Å². The molecule has 0 aromatic heterocycles. The average Bonchev–Trinajstić information content (AvgIpc) is 2.98. The number of hydrogen-bond acceptors (Lipinski definition) is 2. The first kappa shape index (κ1) is 10.6. The lowest BCUT2D eigenvalue weighted by molar-refractivity contribution is -0.134. The highest BCUT2D eigenvalue weighted by Crippen LogP contribution is 2.48. The van der Waals surface area contributed by atoms with E-state index >= 15 is 0 Å². The first-order valence-corrected chi connectivity index (χ1v) is 6.40. The summed E-state index contributed by atoms with van der Waals surface area (Å²) in [5.41, 5.74) is 5.37. The summed E-state index contributed by atoms with van der Waals surface area (Å²) in [6, 6.07) is 18.4. The highest BCUT2D eigenvalue weighted by atomic mass is 16.5. The molecule has 0 saturated carbocycles. The van der Waals surface area contributed by atoms with Gasteiger partial charge in [0.25, 0.3) is 0 Å². The Morgan fingerprint density at radius 1 is 0.947 bits per heavy atom. The maximum Gasteiger partial charge on any atom is 0.339 e. The van der Waals surface area contributed by atoms with Gasteiger partial charge < -0.3 is 4.74 Å². The van der Waals surface area contributed by atoms with E-state index in [4.69, 9.17) is 4.74 Å². The molecule has 2 aliphatic rings. The molecule has 0 saturated heterocycles. The van der Waals surface area contributed by atoms with E-state index in [2.05, 4.69) is 18.2 Å². The molecule has 1 atom stereocenters. The molecule has 2 nitrogen and oxygen atoms in total. The summed E-state index contributed by atoms with van der Waals surface area (Å²) in [6.45, 7) is 0.419. The second-order valence-corrected chi connectivity index (χ2v) is 4.91. The molecule has 19 heavy (non-hydrogen) atoms. The zero-order chi connectivity index (χ0) is 12.8. The van der Waals surface area contributed by atoms with Crippen LogP contribution in [0.4, 0.5) is 0 Å². The average molecular weight is 248 g/mol. The van der Waals surface area contributed by atoms with Crippen LogP contribution in [0.3, 0.4) is 0 Å². The van der Waals surface area contributed by atoms with Crippen molar-refractivity contribution in [2.24, 2.45) is 0 Å². The number of benzene rings is 2. The predicted octanol–water partition coefficient (Wildman–Crippen LogP) is 3.14. The van der Waals surface area contributed by atoms with Crippen molar-refractivity contribution < 1.29 is 9.53 Å². The van der Waals surface area contributed by atoms with Crippen molar-refractivity contribution in [2.75, 3.05) is 6.61 Å². The van der Waals surface area contributed by atoms with Gasteiger partial charge in [-0.05, 0) is 22.3 Å². The van der Waals surface area contributed by atoms with E-state index in [1.165, 1.54) is 11.1 Å². The summed E-state index contributed by atoms with van der Waals surface area (Å²) in [5.74, 6) is -0.0141. The Labute approximate surface area is 111 Å². The summed E-state index contributed by atoms with van der Waals surface area (Å²) in [5, 5.41) is 0. The van der Waals surface area contributed by atoms with Crippen LogP contribution in [0.25, 0.3) is 5.57 Å². The molecule has 1 aliphatic carbocycles. The zero-order valence-corrected chi connectivity index (χ0v) is 10.3. The summed E-state index contributed by atoms with van der Waals surface area (Å²) < 4.78 is 5.22. The van der Waals surface area contributed by atoms with E-state index in [-0.39, 0.29) is 11.9 Å². The van der Waals surface area contributed by atoms with Gasteiger partial charge in [0.1, 0.15) is 6.61 Å². The molecule has 2 heteroatoms. The number of fused-ring (bicyclic) bond motifs is 2. The first-order valence-electron chi connectivity index (χ1n) is 6.40. The number of cyclic esters (lactones) is 1. The Hall–Kier alpha value is -2.35. The van der Waals surface area contributed by atoms with E-state index < -0.39 is 0 Å². The number of hydrogen-bond donors (Lipinski definition) is 0. The van der Waals surface area contributed by atoms with Crippen molar-refractivity contribution in [3.8, 4) is 0 Å². The Balaban J connectivity index is 1.97. The Morgan fingerprint density at radius 3 is 2.53 bits per heavy atom. The third-order valence-corrected chi connectivity index (χ3v) is 3.91. The van der Waals surface area contributed by atoms with Crippen LogP contribution < -0.4 is 0 Å². The summed E-state index contributed by atoms with van der Waals surface area (Å²) >= 11 is 0. The Kier molecular flexibility index (Phi) is 2.12. The number of carbonyl (C=O) groups is 1. The minimum Gasteiger partial charge on any atom is -0.457 e. The maximum atomic E-state index is 11.9. The summed E-state index contributed by atoms with van der Waals surface area (Å²) in [6.07, 6.45) is 0. The molecule has 0 fully saturated rings. The quantitative estimate of drug-likeness (QED) is 0.725. The van der Waals surface area contributed by atoms with Gasteiger partial charge in [-0.15, -0.1) is 0 Å². The number of ether oxygens (including phenoxy) is 1. The molecule has 1 heterocycles. The molecule has 0 N–H and O–H groups in total. The Morgan fingerprint density at radius 2 is 1.68 bits per heavy atom. The fraction of sp³-hybridized carbons (Fsp3) is 0.118. The molecule has 1 unspecified atom stereocenters. The van der Waals surface area contributed by atoms with Crippen LogP contribution in [0.5, 0.6) is 0 Å². The van der Waals surface area contributed by atoms with E-state index in [0.29, 0.717) is 6.61 Å². The third kappa shape index (κ3) is 1.40. The lowest BCUT2D eigenvalue weighted by Crippen LogP contribution is -2.06. The van der Waals surface area contributed by atoms with Crippen molar-refractivity contribution in [3.05, 3.63) is 76.9 Å². The normalized spacial score (nSPS) is 20.2. The smallest absolute Gasteiger partial charge is 0.339 e. The topological polar surface area (TPSA) is 26.3 Å². The SMILES string of the molecule is O=C1OCC2=C1c1ccccc1C2c1ccccc1. The monoisotopic (exact) mass is 248 g/mol. The lowest BCUT2D eigenvalue weighted by atomic mass is 9.89. The third-order valence-electron chi connectivity index (χ3n) is 3.91. The van der Waals surface area contributed by atoms with Crippen LogP contribution in [-0.4, -0.2) is 12.6 Å². The van der Waals surface area contributed by atoms with Crippen LogP contribution in [0.1, 0.15) is 22.6 Å². The highest BCUT2D eigenvalue weighted by molar-refractivity contribution is 6.21. The molecular weight excluding hydrogens is 236 g/mol. The van der Waals surface area contributed by atoms with Crippen LogP contribution in [0.2, 0.25) is 0 Å². The van der Waals surface area contributed by atoms with E-state index in [0.717, 1.165) is 16.7 Å². The van der Waals surface area contributed by atoms with Gasteiger partial charge in [0, 0.05) is 5.92 Å². The summed E-state index contributed by atoms with van der Waals surface area (Å²) in [7, 11) is 0. The molecule has 92 valence electrons. The fourth-order valence-corrected chi connectivity index (χ4v) is 3.12. The van der Waals surface area contributed by atoms with E-state index in [9.17, 15) is 4.79 Å². The molecule has 4 rings (SSSR count). The number of esters is 1. The largest absolute Gasteiger partial charge is 0.457 e. The minimum atomic E-state index is -0.180. The van der Waals surface area contributed by atoms with Crippen LogP contribution in [0, 0.1) is 0 Å². The van der Waals surface area contributed by atoms with Gasteiger partial charge >= 0.3 is 5.97 Å². The maximum absolute atomic E-state index is 11.9. The van der Waals surface area contributed by atoms with Gasteiger partial charge in [-0.1, -0.05) is 54.6 Å². The second kappa shape index (κ2) is 3.82. The second-order valence-electron chi connectivity index (χ2n) is 4.91. The standard InChI is InChI=1S/C17H12O2/c18-17-16-13-9-5-4-8-12(13)15(14(16)10-19-17)11-6-2-1-3-7-11/h1-9,15H,10H2. The fourth-order valence-electron chi connectivity index (χ4n) is 3.12. The molecule has 0 amide bonds. The predicted molar refractivity (Wildman–Crippen MR) is 72.6 cm³/mol. The van der Waals surface area contributed by atoms with Gasteiger partial charge in [0.15, 0.2) is 0 Å². The highest BCUT2D eigenvalue weighted by Gasteiger charge is 2.39. The number of carbonyl (C=O) groups excluding carboxylic acids is 1. The first-order chi connectivity index (χ1) is 9.36. The van der Waals surface area contributed by atoms with Crippen LogP contribution in [0.15, 0.2) is 60.2 Å². The molecule has 2 aromatic carbocycles. The van der Waals surface area contributed by atoms with Crippen LogP contribution >= 0.6 is 0 Å². The molecular formula is C17H12O2. The van der Waals surface area contributed by atoms with Crippen LogP contribution in [-0.2, 0) is 9.53 Å². The lowest BCUT2D eigenvalue weighted by Gasteiger charge is -2.16. The van der Waals surface area contributed by atoms with Gasteiger partial charge in [-0.2, -0.15) is 0 Å². The van der Waals surface area contributed by atoms with Crippen molar-refractivity contribution in [3.63, 3.8) is 0 Å². The molecule has 2 aromatic rings. The molecule has 0 radical (unpaired) electrons. The van der Waals surface area contributed by atoms with Gasteiger partial charge in [-0.3, -0.25) is 0 Å². The van der Waals surface area contributed by atoms with Gasteiger partial charge in [0.05, 0.1) is 5.57 Å². The van der Waals surface area contributed by atoms with Crippen molar-refractivity contribution >= 4 is 11.5 Å². The summed E-state index contributed by atoms with van der Waals surface area (Å²) in [4.78, 5) is 11.9. The molecule has 0 spiro atoms. The molecule has 0 bridgehead atoms. The number of rotatable bonds is 1. The van der Waals surface area contributed by atoms with Crippen molar-refractivity contribution in [1.29, 1.82) is 0 Å². The minimum absolute atomic E-state index is 0.166. The van der Waals surface area contributed by atoms with Gasteiger partial charge in [0.2, 0.25) is 0 Å². The Bertz CT molecular complexity index is 698. The van der Waals surface area contributed by atoms with E-state index in [1.807, 2.05) is 36.4 Å². The van der Waals surface area contributed by atoms with Gasteiger partial charge in [-0.25, -0.2) is 4.79 Å².